The molecule has 38 heavy (non-hydrogen) atoms. The van der Waals surface area contributed by atoms with Crippen molar-refractivity contribution in [2.24, 2.45) is 5.10 Å². The maximum atomic E-state index is 12.6. The molecule has 0 spiro atoms. The van der Waals surface area contributed by atoms with E-state index in [2.05, 4.69) is 15.8 Å². The van der Waals surface area contributed by atoms with Crippen LogP contribution < -0.4 is 20.2 Å². The summed E-state index contributed by atoms with van der Waals surface area (Å²) in [4.78, 5) is 37.4. The molecule has 2 amide bonds. The van der Waals surface area contributed by atoms with Gasteiger partial charge in [-0.15, -0.1) is 0 Å². The van der Waals surface area contributed by atoms with E-state index in [1.54, 1.807) is 91.0 Å². The first-order valence-corrected chi connectivity index (χ1v) is 11.8. The highest BCUT2D eigenvalue weighted by molar-refractivity contribution is 6.34. The molecule has 4 aromatic carbocycles. The zero-order valence-corrected chi connectivity index (χ0v) is 20.9. The topological polar surface area (TPSA) is 106 Å². The van der Waals surface area contributed by atoms with Crippen LogP contribution in [0.3, 0.4) is 0 Å². The fourth-order valence-electron chi connectivity index (χ4n) is 3.39. The second-order valence-electron chi connectivity index (χ2n) is 7.88. The first-order chi connectivity index (χ1) is 18.4. The number of rotatable bonds is 8. The molecule has 0 saturated carbocycles. The van der Waals surface area contributed by atoms with E-state index in [4.69, 9.17) is 21.1 Å². The third-order valence-corrected chi connectivity index (χ3v) is 5.61. The molecule has 2 N–H and O–H groups in total. The minimum atomic E-state index is -0.511. The predicted molar refractivity (Wildman–Crippen MR) is 145 cm³/mol. The van der Waals surface area contributed by atoms with Crippen LogP contribution in [0.25, 0.3) is 0 Å². The molecule has 4 aromatic rings. The molecule has 0 saturated heterocycles. The summed E-state index contributed by atoms with van der Waals surface area (Å²) in [6.07, 6.45) is 1.42. The summed E-state index contributed by atoms with van der Waals surface area (Å²) in [7, 11) is 1.45. The molecular formula is C29H22ClN3O5. The Hall–Kier alpha value is -4.95. The van der Waals surface area contributed by atoms with E-state index in [-0.39, 0.29) is 5.75 Å². The number of methoxy groups -OCH3 is 1. The van der Waals surface area contributed by atoms with Gasteiger partial charge in [0.05, 0.1) is 29.5 Å². The summed E-state index contributed by atoms with van der Waals surface area (Å²) in [6.45, 7) is 0. The van der Waals surface area contributed by atoms with Gasteiger partial charge in [0.25, 0.3) is 11.8 Å². The van der Waals surface area contributed by atoms with Crippen LogP contribution in [-0.4, -0.2) is 31.1 Å². The Labute approximate surface area is 223 Å². The van der Waals surface area contributed by atoms with Gasteiger partial charge >= 0.3 is 5.97 Å². The van der Waals surface area contributed by atoms with Crippen molar-refractivity contribution < 1.29 is 23.9 Å². The third kappa shape index (κ3) is 6.63. The number of ether oxygens (including phenoxy) is 2. The number of amides is 2. The van der Waals surface area contributed by atoms with Crippen molar-refractivity contribution in [2.75, 3.05) is 12.4 Å². The first kappa shape index (κ1) is 26.1. The van der Waals surface area contributed by atoms with Gasteiger partial charge < -0.3 is 14.8 Å². The molecule has 0 unspecified atom stereocenters. The van der Waals surface area contributed by atoms with E-state index in [9.17, 15) is 14.4 Å². The van der Waals surface area contributed by atoms with Crippen LogP contribution >= 0.6 is 11.6 Å². The maximum absolute atomic E-state index is 12.6. The van der Waals surface area contributed by atoms with E-state index in [1.807, 2.05) is 0 Å². The fourth-order valence-corrected chi connectivity index (χ4v) is 3.62. The van der Waals surface area contributed by atoms with Crippen molar-refractivity contribution in [1.82, 2.24) is 5.43 Å². The molecule has 0 heterocycles. The quantitative estimate of drug-likeness (QED) is 0.135. The second kappa shape index (κ2) is 12.3. The normalized spacial score (nSPS) is 10.6. The minimum Gasteiger partial charge on any atom is -0.493 e. The molecular weight excluding hydrogens is 506 g/mol. The van der Waals surface area contributed by atoms with Crippen LogP contribution in [0, 0.1) is 0 Å². The van der Waals surface area contributed by atoms with Crippen molar-refractivity contribution in [3.63, 3.8) is 0 Å². The Morgan fingerprint density at radius 3 is 2.29 bits per heavy atom. The number of nitrogens with one attached hydrogen (secondary N) is 2. The van der Waals surface area contributed by atoms with Crippen molar-refractivity contribution in [2.45, 2.75) is 0 Å². The number of hydrogen-bond acceptors (Lipinski definition) is 6. The zero-order valence-electron chi connectivity index (χ0n) is 20.2. The highest BCUT2D eigenvalue weighted by Gasteiger charge is 2.13. The first-order valence-electron chi connectivity index (χ1n) is 11.4. The number of esters is 1. The molecule has 4 rings (SSSR count). The van der Waals surface area contributed by atoms with Crippen LogP contribution in [0.1, 0.15) is 36.6 Å². The molecule has 0 fully saturated rings. The molecule has 0 radical (unpaired) electrons. The lowest BCUT2D eigenvalue weighted by Gasteiger charge is -2.10. The molecule has 190 valence electrons. The summed E-state index contributed by atoms with van der Waals surface area (Å²) in [5.41, 5.74) is 4.50. The molecule has 0 aliphatic rings. The standard InChI is InChI=1S/C29H22ClN3O5/c1-37-26-16-19(14-15-25(26)38-29(36)20-8-3-2-4-9-20)18-31-33-27(34)21-10-7-11-22(17-21)32-28(35)23-12-5-6-13-24(23)30/h2-18H,1H3,(H,32,35)(H,33,34). The van der Waals surface area contributed by atoms with E-state index in [0.717, 1.165) is 0 Å². The van der Waals surface area contributed by atoms with Crippen LogP contribution in [0.5, 0.6) is 11.5 Å². The smallest absolute Gasteiger partial charge is 0.343 e. The minimum absolute atomic E-state index is 0.248. The predicted octanol–water partition coefficient (Wildman–Crippen LogP) is 5.58. The van der Waals surface area contributed by atoms with Gasteiger partial charge in [0.1, 0.15) is 0 Å². The molecule has 9 heteroatoms. The Balaban J connectivity index is 1.38. The van der Waals surface area contributed by atoms with E-state index in [0.29, 0.717) is 38.7 Å². The maximum Gasteiger partial charge on any atom is 0.343 e. The summed E-state index contributed by atoms with van der Waals surface area (Å²) >= 11 is 6.08. The molecule has 0 bridgehead atoms. The van der Waals surface area contributed by atoms with Crippen LogP contribution in [0.15, 0.2) is 102 Å². The molecule has 0 aromatic heterocycles. The fraction of sp³-hybridized carbons (Fsp3) is 0.0345. The molecule has 0 aliphatic heterocycles. The van der Waals surface area contributed by atoms with Crippen molar-refractivity contribution in [3.8, 4) is 11.5 Å². The highest BCUT2D eigenvalue weighted by Crippen LogP contribution is 2.28. The van der Waals surface area contributed by atoms with E-state index in [1.165, 1.54) is 19.4 Å². The largest absolute Gasteiger partial charge is 0.493 e. The highest BCUT2D eigenvalue weighted by atomic mass is 35.5. The Bertz CT molecular complexity index is 1510. The van der Waals surface area contributed by atoms with Gasteiger partial charge in [0.2, 0.25) is 0 Å². The summed E-state index contributed by atoms with van der Waals surface area (Å²) in [6, 6.07) is 26.6. The summed E-state index contributed by atoms with van der Waals surface area (Å²) in [5.74, 6) is -0.805. The summed E-state index contributed by atoms with van der Waals surface area (Å²) in [5, 5.41) is 7.04. The average molecular weight is 528 g/mol. The lowest BCUT2D eigenvalue weighted by molar-refractivity contribution is 0.0729. The van der Waals surface area contributed by atoms with Gasteiger partial charge in [-0.05, 0) is 66.2 Å². The number of benzene rings is 4. The van der Waals surface area contributed by atoms with Gasteiger partial charge in [-0.3, -0.25) is 9.59 Å². The molecule has 0 atom stereocenters. The SMILES string of the molecule is COc1cc(C=NNC(=O)c2cccc(NC(=O)c3ccccc3Cl)c2)ccc1OC(=O)c1ccccc1. The van der Waals surface area contributed by atoms with Crippen LogP contribution in [-0.2, 0) is 0 Å². The Kier molecular flexibility index (Phi) is 8.48. The molecule has 0 aliphatic carbocycles. The van der Waals surface area contributed by atoms with Gasteiger partial charge in [0.15, 0.2) is 11.5 Å². The number of nitrogens with zero attached hydrogens (tertiary/aromatic N) is 1. The van der Waals surface area contributed by atoms with Crippen LogP contribution in [0.2, 0.25) is 5.02 Å². The van der Waals surface area contributed by atoms with Crippen LogP contribution in [0.4, 0.5) is 5.69 Å². The average Bonchev–Trinajstić information content (AvgIpc) is 2.94. The zero-order chi connectivity index (χ0) is 26.9. The Morgan fingerprint density at radius 1 is 0.789 bits per heavy atom. The van der Waals surface area contributed by atoms with E-state index < -0.39 is 17.8 Å². The Morgan fingerprint density at radius 2 is 1.53 bits per heavy atom. The number of carbonyl (C=O) groups is 3. The van der Waals surface area contributed by atoms with Gasteiger partial charge in [-0.25, -0.2) is 10.2 Å². The lowest BCUT2D eigenvalue weighted by atomic mass is 10.1. The molecule has 8 nitrogen and oxygen atoms in total. The monoisotopic (exact) mass is 527 g/mol. The number of hydrogen-bond donors (Lipinski definition) is 2. The number of halogens is 1. The number of carbonyl (C=O) groups excluding carboxylic acids is 3. The van der Waals surface area contributed by atoms with Crippen molar-refractivity contribution in [3.05, 3.63) is 124 Å². The lowest BCUT2D eigenvalue weighted by Crippen LogP contribution is -2.18. The van der Waals surface area contributed by atoms with Gasteiger partial charge in [-0.1, -0.05) is 48.0 Å². The van der Waals surface area contributed by atoms with E-state index >= 15 is 0 Å². The van der Waals surface area contributed by atoms with Crippen molar-refractivity contribution in [1.29, 1.82) is 0 Å². The number of anilines is 1. The van der Waals surface area contributed by atoms with Gasteiger partial charge in [-0.2, -0.15) is 5.10 Å². The third-order valence-electron chi connectivity index (χ3n) is 5.28. The number of hydrazone groups is 1. The summed E-state index contributed by atoms with van der Waals surface area (Å²) < 4.78 is 10.8. The van der Waals surface area contributed by atoms with Gasteiger partial charge in [0, 0.05) is 11.3 Å². The van der Waals surface area contributed by atoms with Crippen molar-refractivity contribution >= 4 is 41.3 Å². The second-order valence-corrected chi connectivity index (χ2v) is 8.29.